The molecule has 2 aromatic rings. The van der Waals surface area contributed by atoms with E-state index in [0.29, 0.717) is 21.9 Å². The smallest absolute Gasteiger partial charge is 0.258 e. The lowest BCUT2D eigenvalue weighted by Crippen LogP contribution is -2.27. The van der Waals surface area contributed by atoms with Crippen molar-refractivity contribution in [1.29, 1.82) is 0 Å². The highest BCUT2D eigenvalue weighted by Crippen LogP contribution is 2.43. The van der Waals surface area contributed by atoms with Crippen LogP contribution < -0.4 is 11.1 Å². The van der Waals surface area contributed by atoms with Gasteiger partial charge in [0.05, 0.1) is 10.6 Å². The summed E-state index contributed by atoms with van der Waals surface area (Å²) in [5, 5.41) is 3.69. The van der Waals surface area contributed by atoms with Gasteiger partial charge in [-0.3, -0.25) is 4.79 Å². The lowest BCUT2D eigenvalue weighted by Gasteiger charge is -2.33. The summed E-state index contributed by atoms with van der Waals surface area (Å²) in [4.78, 5) is 14.1. The van der Waals surface area contributed by atoms with Gasteiger partial charge in [0, 0.05) is 10.6 Å². The highest BCUT2D eigenvalue weighted by atomic mass is 32.1. The second kappa shape index (κ2) is 6.25. The van der Waals surface area contributed by atoms with E-state index in [1.807, 2.05) is 31.2 Å². The van der Waals surface area contributed by atoms with Gasteiger partial charge < -0.3 is 11.1 Å². The molecule has 0 saturated heterocycles. The Labute approximate surface area is 148 Å². The third kappa shape index (κ3) is 3.20. The number of para-hydroxylation sites is 1. The summed E-state index contributed by atoms with van der Waals surface area (Å²) in [6.07, 6.45) is 3.10. The molecule has 3 N–H and O–H groups in total. The highest BCUT2D eigenvalue weighted by molar-refractivity contribution is 7.16. The van der Waals surface area contributed by atoms with E-state index in [1.54, 1.807) is 11.3 Å². The quantitative estimate of drug-likeness (QED) is 0.803. The van der Waals surface area contributed by atoms with Crippen molar-refractivity contribution >= 4 is 27.9 Å². The van der Waals surface area contributed by atoms with Crippen LogP contribution in [0, 0.1) is 18.3 Å². The molecule has 1 atom stereocenters. The molecule has 0 bridgehead atoms. The van der Waals surface area contributed by atoms with Crippen LogP contribution in [0.15, 0.2) is 24.3 Å². The fourth-order valence-electron chi connectivity index (χ4n) is 3.49. The van der Waals surface area contributed by atoms with Crippen molar-refractivity contribution in [3.8, 4) is 0 Å². The van der Waals surface area contributed by atoms with Crippen molar-refractivity contribution in [2.45, 2.75) is 47.0 Å². The second-order valence-corrected chi connectivity index (χ2v) is 8.95. The largest absolute Gasteiger partial charge is 0.390 e. The number of nitrogens with one attached hydrogen (secondary N) is 1. The van der Waals surface area contributed by atoms with Gasteiger partial charge in [0.2, 0.25) is 0 Å². The molecule has 1 aliphatic carbocycles. The molecule has 4 heteroatoms. The van der Waals surface area contributed by atoms with Crippen molar-refractivity contribution in [3.05, 3.63) is 45.8 Å². The number of aryl methyl sites for hydroxylation is 1. The van der Waals surface area contributed by atoms with Crippen molar-refractivity contribution in [3.63, 3.8) is 0 Å². The zero-order valence-electron chi connectivity index (χ0n) is 14.9. The first-order valence-electron chi connectivity index (χ1n) is 8.54. The molecule has 24 heavy (non-hydrogen) atoms. The molecule has 0 spiro atoms. The number of hydrogen-bond acceptors (Lipinski definition) is 3. The Bertz CT molecular complexity index is 770. The summed E-state index contributed by atoms with van der Waals surface area (Å²) in [7, 11) is 0. The van der Waals surface area contributed by atoms with E-state index in [2.05, 4.69) is 26.1 Å². The van der Waals surface area contributed by atoms with Crippen molar-refractivity contribution in [2.24, 2.45) is 11.3 Å². The van der Waals surface area contributed by atoms with Crippen LogP contribution in [0.1, 0.15) is 53.6 Å². The van der Waals surface area contributed by atoms with Gasteiger partial charge in [-0.25, -0.2) is 0 Å². The van der Waals surface area contributed by atoms with E-state index in [-0.39, 0.29) is 5.91 Å². The van der Waals surface area contributed by atoms with Crippen molar-refractivity contribution in [1.82, 2.24) is 0 Å². The molecule has 1 aromatic carbocycles. The highest BCUT2D eigenvalue weighted by Gasteiger charge is 2.33. The predicted molar refractivity (Wildman–Crippen MR) is 103 cm³/mol. The van der Waals surface area contributed by atoms with Crippen LogP contribution >= 0.6 is 11.3 Å². The zero-order chi connectivity index (χ0) is 17.5. The average Bonchev–Trinajstić information content (AvgIpc) is 2.83. The molecule has 0 saturated carbocycles. The number of anilines is 2. The van der Waals surface area contributed by atoms with Crippen LogP contribution in [0.4, 0.5) is 10.7 Å². The Hall–Kier alpha value is -1.81. The minimum absolute atomic E-state index is 0.0755. The third-order valence-electron chi connectivity index (χ3n) is 5.14. The van der Waals surface area contributed by atoms with Gasteiger partial charge in [-0.15, -0.1) is 11.3 Å². The first-order chi connectivity index (χ1) is 11.3. The van der Waals surface area contributed by atoms with Gasteiger partial charge in [0.25, 0.3) is 5.91 Å². The molecule has 3 rings (SSSR count). The summed E-state index contributed by atoms with van der Waals surface area (Å²) in [5.74, 6) is 0.573. The summed E-state index contributed by atoms with van der Waals surface area (Å²) in [6.45, 7) is 8.89. The number of hydrogen-bond donors (Lipinski definition) is 2. The maximum atomic E-state index is 12.8. The molecular formula is C20H26N2OS. The molecule has 3 nitrogen and oxygen atoms in total. The van der Waals surface area contributed by atoms with Crippen molar-refractivity contribution in [2.75, 3.05) is 11.1 Å². The summed E-state index contributed by atoms with van der Waals surface area (Å²) in [6, 6.07) is 7.83. The predicted octanol–water partition coefficient (Wildman–Crippen LogP) is 5.04. The van der Waals surface area contributed by atoms with Gasteiger partial charge in [-0.1, -0.05) is 39.0 Å². The standard InChI is InChI=1S/C20H26N2OS/c1-12-7-5-6-8-15(12)22-19(23)17-14-10-9-13(20(2,3)4)11-16(14)24-18(17)21/h5-8,13H,9-11,21H2,1-4H3,(H,22,23). The topological polar surface area (TPSA) is 55.1 Å². The lowest BCUT2D eigenvalue weighted by molar-refractivity contribution is 0.102. The Kier molecular flexibility index (Phi) is 4.43. The minimum Gasteiger partial charge on any atom is -0.390 e. The SMILES string of the molecule is Cc1ccccc1NC(=O)c1c(N)sc2c1CCC(C(C)(C)C)C2. The molecule has 1 aliphatic rings. The Morgan fingerprint density at radius 2 is 2.00 bits per heavy atom. The van der Waals surface area contributed by atoms with Gasteiger partial charge >= 0.3 is 0 Å². The number of fused-ring (bicyclic) bond motifs is 1. The number of nitrogens with two attached hydrogens (primary N) is 1. The molecule has 1 heterocycles. The maximum Gasteiger partial charge on any atom is 0.258 e. The van der Waals surface area contributed by atoms with Gasteiger partial charge in [-0.2, -0.15) is 0 Å². The van der Waals surface area contributed by atoms with E-state index < -0.39 is 0 Å². The van der Waals surface area contributed by atoms with Gasteiger partial charge in [0.1, 0.15) is 0 Å². The Morgan fingerprint density at radius 1 is 1.29 bits per heavy atom. The fraction of sp³-hybridized carbons (Fsp3) is 0.450. The normalized spacial score (nSPS) is 17.4. The molecule has 0 radical (unpaired) electrons. The molecule has 1 aromatic heterocycles. The van der Waals surface area contributed by atoms with Crippen LogP contribution in [-0.2, 0) is 12.8 Å². The minimum atomic E-state index is -0.0755. The Morgan fingerprint density at radius 3 is 2.67 bits per heavy atom. The number of nitrogen functional groups attached to an aromatic ring is 1. The van der Waals surface area contributed by atoms with Crippen LogP contribution in [0.5, 0.6) is 0 Å². The summed E-state index contributed by atoms with van der Waals surface area (Å²) in [5.41, 5.74) is 10.3. The number of carbonyl (C=O) groups excluding carboxylic acids is 1. The van der Waals surface area contributed by atoms with Gasteiger partial charge in [0.15, 0.2) is 0 Å². The summed E-state index contributed by atoms with van der Waals surface area (Å²) < 4.78 is 0. The fourth-order valence-corrected chi connectivity index (χ4v) is 4.69. The molecule has 1 amide bonds. The molecule has 0 aliphatic heterocycles. The van der Waals surface area contributed by atoms with E-state index in [4.69, 9.17) is 5.73 Å². The number of carbonyl (C=O) groups is 1. The van der Waals surface area contributed by atoms with Crippen LogP contribution in [0.25, 0.3) is 0 Å². The summed E-state index contributed by atoms with van der Waals surface area (Å²) >= 11 is 1.60. The van der Waals surface area contributed by atoms with Crippen LogP contribution in [-0.4, -0.2) is 5.91 Å². The molecule has 128 valence electrons. The van der Waals surface area contributed by atoms with Crippen molar-refractivity contribution < 1.29 is 4.79 Å². The number of benzene rings is 1. The molecule has 0 fully saturated rings. The van der Waals surface area contributed by atoms with Crippen LogP contribution in [0.2, 0.25) is 0 Å². The first kappa shape index (κ1) is 17.0. The number of rotatable bonds is 2. The Balaban J connectivity index is 1.87. The van der Waals surface area contributed by atoms with Crippen LogP contribution in [0.3, 0.4) is 0 Å². The van der Waals surface area contributed by atoms with E-state index >= 15 is 0 Å². The zero-order valence-corrected chi connectivity index (χ0v) is 15.7. The van der Waals surface area contributed by atoms with Gasteiger partial charge in [-0.05, 0) is 54.7 Å². The number of amides is 1. The number of thiophene rings is 1. The van der Waals surface area contributed by atoms with E-state index in [0.717, 1.165) is 30.5 Å². The molecular weight excluding hydrogens is 316 g/mol. The second-order valence-electron chi connectivity index (χ2n) is 7.82. The third-order valence-corrected chi connectivity index (χ3v) is 6.22. The lowest BCUT2D eigenvalue weighted by atomic mass is 9.72. The average molecular weight is 343 g/mol. The van der Waals surface area contributed by atoms with E-state index in [9.17, 15) is 4.79 Å². The molecule has 1 unspecified atom stereocenters. The maximum absolute atomic E-state index is 12.8. The first-order valence-corrected chi connectivity index (χ1v) is 9.36. The monoisotopic (exact) mass is 342 g/mol. The van der Waals surface area contributed by atoms with E-state index in [1.165, 1.54) is 10.4 Å².